The topological polar surface area (TPSA) is 26.0 Å². The highest BCUT2D eigenvalue weighted by Crippen LogP contribution is 2.45. The summed E-state index contributed by atoms with van der Waals surface area (Å²) in [5.74, 6) is -0.111. The molecule has 0 spiro atoms. The second kappa shape index (κ2) is 2.55. The minimum atomic E-state index is -0.361. The van der Waals surface area contributed by atoms with Gasteiger partial charge in [0.05, 0.1) is 0 Å². The third-order valence-corrected chi connectivity index (χ3v) is 2.83. The minimum absolute atomic E-state index is 0.111. The molecule has 0 radical (unpaired) electrons. The van der Waals surface area contributed by atoms with Gasteiger partial charge in [-0.15, -0.1) is 0 Å². The van der Waals surface area contributed by atoms with Gasteiger partial charge in [0.1, 0.15) is 5.82 Å². The molecule has 1 aromatic rings. The molecule has 0 atom stereocenters. The highest BCUT2D eigenvalue weighted by molar-refractivity contribution is 5.40. The van der Waals surface area contributed by atoms with Crippen LogP contribution in [0, 0.1) is 19.7 Å². The lowest BCUT2D eigenvalue weighted by Gasteiger charge is -2.15. The lowest BCUT2D eigenvalue weighted by Crippen LogP contribution is -2.22. The van der Waals surface area contributed by atoms with Gasteiger partial charge in [0.15, 0.2) is 0 Å². The minimum Gasteiger partial charge on any atom is -0.321 e. The molecule has 2 rings (SSSR count). The molecule has 0 saturated heterocycles. The van der Waals surface area contributed by atoms with Crippen LogP contribution in [-0.4, -0.2) is 0 Å². The Bertz CT molecular complexity index is 353. The van der Waals surface area contributed by atoms with Gasteiger partial charge in [0.25, 0.3) is 0 Å². The molecule has 1 aromatic carbocycles. The Kier molecular flexibility index (Phi) is 1.70. The average Bonchev–Trinajstić information content (AvgIpc) is 2.78. The van der Waals surface area contributed by atoms with Crippen LogP contribution >= 0.6 is 0 Å². The van der Waals surface area contributed by atoms with Gasteiger partial charge in [-0.25, -0.2) is 4.39 Å². The molecule has 1 saturated carbocycles. The number of halogens is 1. The molecule has 1 aliphatic rings. The molecule has 70 valence electrons. The van der Waals surface area contributed by atoms with Crippen LogP contribution in [0.1, 0.15) is 29.5 Å². The Morgan fingerprint density at radius 2 is 1.77 bits per heavy atom. The number of hydrogen-bond acceptors (Lipinski definition) is 1. The molecule has 0 heterocycles. The molecule has 0 aromatic heterocycles. The Hall–Kier alpha value is -0.890. The van der Waals surface area contributed by atoms with Crippen LogP contribution in [0.25, 0.3) is 0 Å². The van der Waals surface area contributed by atoms with Crippen molar-refractivity contribution in [2.24, 2.45) is 5.73 Å². The zero-order chi connectivity index (χ0) is 9.64. The molecule has 0 unspecified atom stereocenters. The van der Waals surface area contributed by atoms with E-state index in [0.717, 1.165) is 24.0 Å². The highest BCUT2D eigenvalue weighted by Gasteiger charge is 2.43. The van der Waals surface area contributed by atoms with Gasteiger partial charge in [-0.3, -0.25) is 0 Å². The van der Waals surface area contributed by atoms with Gasteiger partial charge in [-0.05, 0) is 37.8 Å². The molecule has 2 N–H and O–H groups in total. The first-order valence-electron chi connectivity index (χ1n) is 4.60. The first-order valence-corrected chi connectivity index (χ1v) is 4.60. The summed E-state index contributed by atoms with van der Waals surface area (Å²) in [7, 11) is 0. The van der Waals surface area contributed by atoms with Crippen LogP contribution in [0.4, 0.5) is 4.39 Å². The fourth-order valence-electron chi connectivity index (χ4n) is 1.77. The van der Waals surface area contributed by atoms with Gasteiger partial charge < -0.3 is 5.73 Å². The van der Waals surface area contributed by atoms with E-state index in [1.807, 2.05) is 13.0 Å². The number of aryl methyl sites for hydroxylation is 2. The van der Waals surface area contributed by atoms with E-state index in [9.17, 15) is 4.39 Å². The maximum absolute atomic E-state index is 13.7. The monoisotopic (exact) mass is 179 g/mol. The van der Waals surface area contributed by atoms with E-state index >= 15 is 0 Å². The second-order valence-electron chi connectivity index (χ2n) is 4.04. The van der Waals surface area contributed by atoms with Crippen molar-refractivity contribution >= 4 is 0 Å². The van der Waals surface area contributed by atoms with Crippen molar-refractivity contribution in [3.63, 3.8) is 0 Å². The van der Waals surface area contributed by atoms with Crippen molar-refractivity contribution < 1.29 is 4.39 Å². The summed E-state index contributed by atoms with van der Waals surface area (Å²) in [6.07, 6.45) is 1.82. The fourth-order valence-corrected chi connectivity index (χ4v) is 1.77. The largest absolute Gasteiger partial charge is 0.321 e. The SMILES string of the molecule is Cc1ccc(C)c(C2(N)CC2)c1F. The molecule has 13 heavy (non-hydrogen) atoms. The van der Waals surface area contributed by atoms with E-state index in [-0.39, 0.29) is 11.4 Å². The first-order chi connectivity index (χ1) is 6.04. The average molecular weight is 179 g/mol. The van der Waals surface area contributed by atoms with E-state index in [0.29, 0.717) is 5.56 Å². The van der Waals surface area contributed by atoms with Crippen LogP contribution in [-0.2, 0) is 5.54 Å². The normalized spacial score (nSPS) is 18.8. The van der Waals surface area contributed by atoms with Crippen LogP contribution < -0.4 is 5.73 Å². The van der Waals surface area contributed by atoms with Crippen molar-refractivity contribution in [3.8, 4) is 0 Å². The van der Waals surface area contributed by atoms with E-state index < -0.39 is 0 Å². The van der Waals surface area contributed by atoms with E-state index in [1.54, 1.807) is 13.0 Å². The van der Waals surface area contributed by atoms with Crippen LogP contribution in [0.15, 0.2) is 12.1 Å². The van der Waals surface area contributed by atoms with Crippen LogP contribution in [0.2, 0.25) is 0 Å². The molecular formula is C11H14FN. The van der Waals surface area contributed by atoms with Gasteiger partial charge in [-0.2, -0.15) is 0 Å². The van der Waals surface area contributed by atoms with Gasteiger partial charge in [-0.1, -0.05) is 12.1 Å². The molecule has 1 fully saturated rings. The Morgan fingerprint density at radius 1 is 1.23 bits per heavy atom. The smallest absolute Gasteiger partial charge is 0.131 e. The Morgan fingerprint density at radius 3 is 2.31 bits per heavy atom. The van der Waals surface area contributed by atoms with Crippen molar-refractivity contribution in [2.75, 3.05) is 0 Å². The maximum atomic E-state index is 13.7. The van der Waals surface area contributed by atoms with E-state index in [2.05, 4.69) is 0 Å². The predicted molar refractivity (Wildman–Crippen MR) is 51.0 cm³/mol. The lowest BCUT2D eigenvalue weighted by molar-refractivity contribution is 0.567. The predicted octanol–water partition coefficient (Wildman–Crippen LogP) is 2.39. The maximum Gasteiger partial charge on any atom is 0.131 e. The van der Waals surface area contributed by atoms with Gasteiger partial charge in [0.2, 0.25) is 0 Å². The van der Waals surface area contributed by atoms with Crippen LogP contribution in [0.3, 0.4) is 0 Å². The third kappa shape index (κ3) is 1.25. The first kappa shape index (κ1) is 8.70. The van der Waals surface area contributed by atoms with Crippen LogP contribution in [0.5, 0.6) is 0 Å². The van der Waals surface area contributed by atoms with Crippen molar-refractivity contribution in [1.29, 1.82) is 0 Å². The van der Waals surface area contributed by atoms with Gasteiger partial charge in [0, 0.05) is 11.1 Å². The second-order valence-corrected chi connectivity index (χ2v) is 4.04. The Labute approximate surface area is 77.8 Å². The summed E-state index contributed by atoms with van der Waals surface area (Å²) < 4.78 is 13.7. The molecular weight excluding hydrogens is 165 g/mol. The van der Waals surface area contributed by atoms with Crippen molar-refractivity contribution in [2.45, 2.75) is 32.2 Å². The molecule has 0 bridgehead atoms. The summed E-state index contributed by atoms with van der Waals surface area (Å²) in [4.78, 5) is 0. The summed E-state index contributed by atoms with van der Waals surface area (Å²) in [5.41, 5.74) is 8.03. The fraction of sp³-hybridized carbons (Fsp3) is 0.455. The number of nitrogens with two attached hydrogens (primary N) is 1. The Balaban J connectivity index is 2.61. The zero-order valence-electron chi connectivity index (χ0n) is 8.02. The molecule has 2 heteroatoms. The molecule has 0 amide bonds. The van der Waals surface area contributed by atoms with E-state index in [1.165, 1.54) is 0 Å². The zero-order valence-corrected chi connectivity index (χ0v) is 8.02. The molecule has 1 nitrogen and oxygen atoms in total. The van der Waals surface area contributed by atoms with Crippen molar-refractivity contribution in [3.05, 3.63) is 34.6 Å². The summed E-state index contributed by atoms with van der Waals surface area (Å²) in [6.45, 7) is 3.70. The van der Waals surface area contributed by atoms with E-state index in [4.69, 9.17) is 5.73 Å². The number of hydrogen-bond donors (Lipinski definition) is 1. The standard InChI is InChI=1S/C11H14FN/c1-7-3-4-8(2)10(12)9(7)11(13)5-6-11/h3-4H,5-6,13H2,1-2H3. The summed E-state index contributed by atoms with van der Waals surface area (Å²) in [5, 5.41) is 0. The summed E-state index contributed by atoms with van der Waals surface area (Å²) in [6, 6.07) is 3.75. The lowest BCUT2D eigenvalue weighted by atomic mass is 9.97. The molecule has 0 aliphatic heterocycles. The quantitative estimate of drug-likeness (QED) is 0.703. The molecule has 1 aliphatic carbocycles. The summed E-state index contributed by atoms with van der Waals surface area (Å²) >= 11 is 0. The highest BCUT2D eigenvalue weighted by atomic mass is 19.1. The third-order valence-electron chi connectivity index (χ3n) is 2.83. The number of rotatable bonds is 1. The van der Waals surface area contributed by atoms with Gasteiger partial charge >= 0.3 is 0 Å². The number of benzene rings is 1. The van der Waals surface area contributed by atoms with Crippen molar-refractivity contribution in [1.82, 2.24) is 0 Å².